The summed E-state index contributed by atoms with van der Waals surface area (Å²) in [5, 5.41) is 7.25. The number of hydrogen-bond donors (Lipinski definition) is 4. The maximum Gasteiger partial charge on any atom is 0.252 e. The number of carbonyl (C=O) groups excluding carboxylic acids is 1. The molecule has 1 aliphatic rings. The maximum atomic E-state index is 14.7. The van der Waals surface area contributed by atoms with Crippen molar-refractivity contribution in [2.75, 3.05) is 10.6 Å². The van der Waals surface area contributed by atoms with E-state index < -0.39 is 11.7 Å². The third-order valence-corrected chi connectivity index (χ3v) is 5.56. The number of nitrogens with zero attached hydrogens (tertiary/aromatic N) is 2. The Kier molecular flexibility index (Phi) is 5.10. The Labute approximate surface area is 168 Å². The monoisotopic (exact) mass is 396 g/mol. The predicted octanol–water partition coefficient (Wildman–Crippen LogP) is 3.24. The van der Waals surface area contributed by atoms with Gasteiger partial charge in [0.05, 0.1) is 5.56 Å². The highest BCUT2D eigenvalue weighted by Crippen LogP contribution is 2.30. The molecule has 0 radical (unpaired) electrons. The molecule has 2 atom stereocenters. The third-order valence-electron chi connectivity index (χ3n) is 5.56. The minimum absolute atomic E-state index is 0.00562. The number of fused-ring (bicyclic) bond motifs is 1. The van der Waals surface area contributed by atoms with Crippen LogP contribution in [0.5, 0.6) is 0 Å². The van der Waals surface area contributed by atoms with Crippen molar-refractivity contribution in [2.24, 2.45) is 18.5 Å². The van der Waals surface area contributed by atoms with Crippen LogP contribution in [-0.2, 0) is 7.05 Å². The van der Waals surface area contributed by atoms with Gasteiger partial charge in [-0.25, -0.2) is 9.37 Å². The summed E-state index contributed by atoms with van der Waals surface area (Å²) in [6.45, 7) is 0. The third kappa shape index (κ3) is 3.75. The second-order valence-corrected chi connectivity index (χ2v) is 7.57. The minimum atomic E-state index is -0.750. The van der Waals surface area contributed by atoms with E-state index in [0.29, 0.717) is 0 Å². The number of nitrogens with two attached hydrogens (primary N) is 2. The normalized spacial score (nSPS) is 19.3. The molecule has 3 aromatic rings. The van der Waals surface area contributed by atoms with Crippen molar-refractivity contribution in [1.29, 1.82) is 0 Å². The molecule has 1 amide bonds. The molecule has 0 aliphatic heterocycles. The Morgan fingerprint density at radius 2 is 2.03 bits per heavy atom. The lowest BCUT2D eigenvalue weighted by atomic mass is 9.91. The van der Waals surface area contributed by atoms with Crippen LogP contribution in [0, 0.1) is 5.82 Å². The van der Waals surface area contributed by atoms with Crippen LogP contribution in [0.3, 0.4) is 0 Å². The molecule has 0 bridgehead atoms. The van der Waals surface area contributed by atoms with Crippen LogP contribution in [0.1, 0.15) is 36.0 Å². The van der Waals surface area contributed by atoms with Crippen LogP contribution in [-0.4, -0.2) is 27.5 Å². The van der Waals surface area contributed by atoms with Gasteiger partial charge in [0.25, 0.3) is 5.91 Å². The summed E-state index contributed by atoms with van der Waals surface area (Å²) >= 11 is 0. The topological polar surface area (TPSA) is 111 Å². The SMILES string of the molecule is Cn1ccc2c(Nc3nc(N[C@@H]4CCCC[C@@H]4N)c(F)cc3C(N)=O)cccc21. The molecular formula is C21H25FN6O. The molecule has 1 fully saturated rings. The Hall–Kier alpha value is -3.13. The molecule has 2 heterocycles. The number of aryl methyl sites for hydroxylation is 1. The molecule has 1 saturated carbocycles. The lowest BCUT2D eigenvalue weighted by molar-refractivity contribution is 0.100. The summed E-state index contributed by atoms with van der Waals surface area (Å²) in [6.07, 6.45) is 5.79. The average molecular weight is 396 g/mol. The van der Waals surface area contributed by atoms with E-state index in [9.17, 15) is 9.18 Å². The van der Waals surface area contributed by atoms with Crippen molar-refractivity contribution >= 4 is 34.1 Å². The van der Waals surface area contributed by atoms with E-state index in [1.807, 2.05) is 42.1 Å². The molecule has 0 unspecified atom stereocenters. The van der Waals surface area contributed by atoms with Gasteiger partial charge in [-0.3, -0.25) is 4.79 Å². The van der Waals surface area contributed by atoms with Crippen LogP contribution >= 0.6 is 0 Å². The Balaban J connectivity index is 1.71. The highest BCUT2D eigenvalue weighted by Gasteiger charge is 2.24. The molecule has 0 spiro atoms. The molecule has 1 aliphatic carbocycles. The standard InChI is InChI=1S/C21H25FN6O/c1-28-10-9-12-16(7-4-8-18(12)28)25-20-13(19(24)29)11-14(22)21(27-20)26-17-6-3-2-5-15(17)23/h4,7-11,15,17H,2-3,5-6,23H2,1H3,(H2,24,29)(H2,25,26,27)/t15-,17+/m0/s1. The number of nitrogens with one attached hydrogen (secondary N) is 2. The van der Waals surface area contributed by atoms with Crippen LogP contribution in [0.25, 0.3) is 10.9 Å². The van der Waals surface area contributed by atoms with E-state index in [2.05, 4.69) is 15.6 Å². The maximum absolute atomic E-state index is 14.7. The quantitative estimate of drug-likeness (QED) is 0.529. The van der Waals surface area contributed by atoms with E-state index >= 15 is 0 Å². The van der Waals surface area contributed by atoms with Gasteiger partial charge in [-0.15, -0.1) is 0 Å². The Morgan fingerprint density at radius 3 is 2.79 bits per heavy atom. The molecule has 7 nitrogen and oxygen atoms in total. The largest absolute Gasteiger partial charge is 0.365 e. The number of halogens is 1. The van der Waals surface area contributed by atoms with E-state index in [-0.39, 0.29) is 29.3 Å². The lowest BCUT2D eigenvalue weighted by Crippen LogP contribution is -2.43. The summed E-state index contributed by atoms with van der Waals surface area (Å²) in [5.41, 5.74) is 13.4. The summed E-state index contributed by atoms with van der Waals surface area (Å²) in [4.78, 5) is 16.3. The minimum Gasteiger partial charge on any atom is -0.365 e. The van der Waals surface area contributed by atoms with Gasteiger partial charge in [-0.2, -0.15) is 0 Å². The fourth-order valence-electron chi connectivity index (χ4n) is 3.93. The van der Waals surface area contributed by atoms with Gasteiger partial charge in [0.15, 0.2) is 11.6 Å². The van der Waals surface area contributed by atoms with Crippen molar-refractivity contribution < 1.29 is 9.18 Å². The van der Waals surface area contributed by atoms with Crippen LogP contribution in [0.4, 0.5) is 21.7 Å². The molecule has 1 aromatic carbocycles. The number of aromatic nitrogens is 2. The number of anilines is 3. The van der Waals surface area contributed by atoms with E-state index in [4.69, 9.17) is 11.5 Å². The number of amides is 1. The molecule has 152 valence electrons. The van der Waals surface area contributed by atoms with Crippen molar-refractivity contribution in [3.05, 3.63) is 47.9 Å². The molecule has 8 heteroatoms. The first-order valence-corrected chi connectivity index (χ1v) is 9.77. The van der Waals surface area contributed by atoms with Crippen LogP contribution in [0.2, 0.25) is 0 Å². The lowest BCUT2D eigenvalue weighted by Gasteiger charge is -2.30. The molecule has 2 aromatic heterocycles. The number of carbonyl (C=O) groups is 1. The predicted molar refractivity (Wildman–Crippen MR) is 113 cm³/mol. The second-order valence-electron chi connectivity index (χ2n) is 7.57. The molecule has 29 heavy (non-hydrogen) atoms. The highest BCUT2D eigenvalue weighted by molar-refractivity contribution is 6.01. The van der Waals surface area contributed by atoms with E-state index in [1.54, 1.807) is 0 Å². The van der Waals surface area contributed by atoms with Gasteiger partial charge in [-0.1, -0.05) is 18.9 Å². The second kappa shape index (κ2) is 7.71. The van der Waals surface area contributed by atoms with Crippen molar-refractivity contribution in [1.82, 2.24) is 9.55 Å². The van der Waals surface area contributed by atoms with E-state index in [1.165, 1.54) is 0 Å². The first-order valence-electron chi connectivity index (χ1n) is 9.77. The summed E-state index contributed by atoms with van der Waals surface area (Å²) in [7, 11) is 1.95. The fraction of sp³-hybridized carbons (Fsp3) is 0.333. The average Bonchev–Trinajstić information content (AvgIpc) is 3.08. The number of pyridine rings is 1. The van der Waals surface area contributed by atoms with Gasteiger partial charge in [0.2, 0.25) is 0 Å². The molecular weight excluding hydrogens is 371 g/mol. The van der Waals surface area contributed by atoms with Crippen LogP contribution < -0.4 is 22.1 Å². The van der Waals surface area contributed by atoms with Gasteiger partial charge >= 0.3 is 0 Å². The molecule has 6 N–H and O–H groups in total. The van der Waals surface area contributed by atoms with Crippen molar-refractivity contribution in [3.8, 4) is 0 Å². The zero-order chi connectivity index (χ0) is 20.5. The van der Waals surface area contributed by atoms with Gasteiger partial charge in [0.1, 0.15) is 5.82 Å². The summed E-state index contributed by atoms with van der Waals surface area (Å²) < 4.78 is 16.7. The van der Waals surface area contributed by atoms with Gasteiger partial charge in [-0.05, 0) is 37.1 Å². The van der Waals surface area contributed by atoms with Crippen molar-refractivity contribution in [3.63, 3.8) is 0 Å². The van der Waals surface area contributed by atoms with E-state index in [0.717, 1.165) is 48.3 Å². The highest BCUT2D eigenvalue weighted by atomic mass is 19.1. The number of rotatable bonds is 5. The van der Waals surface area contributed by atoms with Crippen LogP contribution in [0.15, 0.2) is 36.5 Å². The zero-order valence-electron chi connectivity index (χ0n) is 16.3. The summed E-state index contributed by atoms with van der Waals surface area (Å²) in [6, 6.07) is 8.74. The van der Waals surface area contributed by atoms with Gasteiger partial charge in [0, 0.05) is 41.9 Å². The first kappa shape index (κ1) is 19.2. The Bertz CT molecular complexity index is 1060. The summed E-state index contributed by atoms with van der Waals surface area (Å²) in [5.74, 6) is -1.10. The number of benzene rings is 1. The first-order chi connectivity index (χ1) is 13.9. The number of hydrogen-bond acceptors (Lipinski definition) is 5. The molecule has 0 saturated heterocycles. The smallest absolute Gasteiger partial charge is 0.252 e. The van der Waals surface area contributed by atoms with Gasteiger partial charge < -0.3 is 26.7 Å². The molecule has 4 rings (SSSR count). The Morgan fingerprint density at radius 1 is 1.24 bits per heavy atom. The fourth-order valence-corrected chi connectivity index (χ4v) is 3.93. The zero-order valence-corrected chi connectivity index (χ0v) is 16.3. The van der Waals surface area contributed by atoms with Crippen molar-refractivity contribution in [2.45, 2.75) is 37.8 Å². The number of primary amides is 1.